The molecule has 0 aliphatic heterocycles. The predicted molar refractivity (Wildman–Crippen MR) is 190 cm³/mol. The summed E-state index contributed by atoms with van der Waals surface area (Å²) in [7, 11) is -3.93. The van der Waals surface area contributed by atoms with Crippen LogP contribution < -0.4 is 18.9 Å². The number of sulfonamides is 2. The van der Waals surface area contributed by atoms with Crippen LogP contribution in [-0.2, 0) is 20.0 Å². The van der Waals surface area contributed by atoms with Crippen molar-refractivity contribution < 1.29 is 45.4 Å². The van der Waals surface area contributed by atoms with Gasteiger partial charge in [-0.25, -0.2) is 35.0 Å². The number of carbonyl (C=O) groups is 2. The molecule has 5 rings (SSSR count). The molecule has 12 nitrogen and oxygen atoms in total. The molecule has 5 aromatic rings. The third-order valence-corrected chi connectivity index (χ3v) is 10.5. The van der Waals surface area contributed by atoms with Gasteiger partial charge in [-0.3, -0.25) is 0 Å². The maximum atomic E-state index is 13.4. The molecule has 5 aromatic carbocycles. The van der Waals surface area contributed by atoms with E-state index in [-0.39, 0.29) is 60.4 Å². The second-order valence-electron chi connectivity index (χ2n) is 11.5. The lowest BCUT2D eigenvalue weighted by Crippen LogP contribution is -2.30. The van der Waals surface area contributed by atoms with Gasteiger partial charge in [0.05, 0.1) is 12.5 Å². The summed E-state index contributed by atoms with van der Waals surface area (Å²) >= 11 is 0. The molecule has 0 atom stereocenters. The van der Waals surface area contributed by atoms with Gasteiger partial charge < -0.3 is 18.9 Å². The minimum Gasteiger partial charge on any atom is -0.491 e. The molecule has 14 heteroatoms. The SMILES string of the molecule is CN(CCOc1cc2ccccc2cc1C(=O)Oc1ccc(OC(=O)c2cc3ccccc3cc2OCCN(C)S(C)(=O)=O)cc1)S(C)(=O)=O. The van der Waals surface area contributed by atoms with E-state index >= 15 is 0 Å². The van der Waals surface area contributed by atoms with E-state index in [1.807, 2.05) is 48.5 Å². The smallest absolute Gasteiger partial charge is 0.347 e. The molecule has 0 radical (unpaired) electrons. The molecule has 0 amide bonds. The van der Waals surface area contributed by atoms with Crippen LogP contribution in [-0.4, -0.2) is 90.3 Å². The summed E-state index contributed by atoms with van der Waals surface area (Å²) in [6, 6.07) is 27.4. The van der Waals surface area contributed by atoms with Crippen molar-refractivity contribution in [1.82, 2.24) is 8.61 Å². The van der Waals surface area contributed by atoms with Crippen LogP contribution in [0.1, 0.15) is 20.7 Å². The first-order valence-electron chi connectivity index (χ1n) is 15.4. The normalized spacial score (nSPS) is 12.0. The number of hydrogen-bond donors (Lipinski definition) is 0. The summed E-state index contributed by atoms with van der Waals surface area (Å²) in [5, 5.41) is 3.20. The van der Waals surface area contributed by atoms with Crippen LogP contribution in [0.3, 0.4) is 0 Å². The Morgan fingerprint density at radius 1 is 0.540 bits per heavy atom. The lowest BCUT2D eigenvalue weighted by molar-refractivity contribution is 0.0714. The van der Waals surface area contributed by atoms with Gasteiger partial charge in [-0.2, -0.15) is 0 Å². The Hall–Kier alpha value is -5.02. The van der Waals surface area contributed by atoms with Crippen molar-refractivity contribution in [3.63, 3.8) is 0 Å². The van der Waals surface area contributed by atoms with E-state index in [1.54, 1.807) is 24.3 Å². The van der Waals surface area contributed by atoms with E-state index in [1.165, 1.54) is 38.4 Å². The van der Waals surface area contributed by atoms with Crippen LogP contribution in [0.15, 0.2) is 97.1 Å². The van der Waals surface area contributed by atoms with Crippen LogP contribution in [0.2, 0.25) is 0 Å². The summed E-state index contributed by atoms with van der Waals surface area (Å²) in [6.45, 7) is 0.162. The average molecular weight is 721 g/mol. The van der Waals surface area contributed by atoms with Gasteiger partial charge in [0.25, 0.3) is 0 Å². The largest absolute Gasteiger partial charge is 0.491 e. The summed E-state index contributed by atoms with van der Waals surface area (Å²) < 4.78 is 72.4. The number of carbonyl (C=O) groups excluding carboxylic acids is 2. The first-order valence-corrected chi connectivity index (χ1v) is 19.1. The molecule has 0 N–H and O–H groups in total. The van der Waals surface area contributed by atoms with Gasteiger partial charge in [0.2, 0.25) is 20.0 Å². The standard InChI is InChI=1S/C36H36N2O10S2/c1-37(49(3,41)42)17-19-45-33-23-27-11-7-5-9-25(27)21-31(33)35(39)47-29-13-15-30(16-14-29)48-36(40)32-22-26-10-6-8-12-28(26)24-34(32)46-20-18-38(2)50(4,43)44/h5-16,21-24H,17-20H2,1-4H3. The molecule has 0 fully saturated rings. The second-order valence-corrected chi connectivity index (χ2v) is 15.7. The zero-order valence-electron chi connectivity index (χ0n) is 27.9. The fraction of sp³-hybridized carbons (Fsp3) is 0.222. The van der Waals surface area contributed by atoms with Gasteiger partial charge in [0, 0.05) is 27.2 Å². The highest BCUT2D eigenvalue weighted by Gasteiger charge is 2.20. The molecule has 0 aliphatic carbocycles. The quantitative estimate of drug-likeness (QED) is 0.114. The van der Waals surface area contributed by atoms with Crippen LogP contribution in [0.25, 0.3) is 21.5 Å². The first-order chi connectivity index (χ1) is 23.7. The molecule has 262 valence electrons. The van der Waals surface area contributed by atoms with Crippen LogP contribution in [0.4, 0.5) is 0 Å². The van der Waals surface area contributed by atoms with Gasteiger partial charge in [-0.05, 0) is 70.1 Å². The molecule has 0 aliphatic rings. The predicted octanol–water partition coefficient (Wildman–Crippen LogP) is 4.97. The Balaban J connectivity index is 1.30. The summed E-state index contributed by atoms with van der Waals surface area (Å²) in [6.07, 6.45) is 2.19. The van der Waals surface area contributed by atoms with Crippen LogP contribution in [0.5, 0.6) is 23.0 Å². The monoisotopic (exact) mass is 720 g/mol. The average Bonchev–Trinajstić information content (AvgIpc) is 3.07. The third kappa shape index (κ3) is 9.15. The van der Waals surface area contributed by atoms with Crippen molar-refractivity contribution in [2.45, 2.75) is 0 Å². The number of likely N-dealkylation sites (N-methyl/N-ethyl adjacent to an activating group) is 2. The lowest BCUT2D eigenvalue weighted by Gasteiger charge is -2.17. The van der Waals surface area contributed by atoms with E-state index in [0.717, 1.165) is 42.7 Å². The number of nitrogens with zero attached hydrogens (tertiary/aromatic N) is 2. The minimum atomic E-state index is -3.40. The van der Waals surface area contributed by atoms with Gasteiger partial charge in [0.1, 0.15) is 47.3 Å². The van der Waals surface area contributed by atoms with Gasteiger partial charge in [-0.15, -0.1) is 0 Å². The highest BCUT2D eigenvalue weighted by molar-refractivity contribution is 7.88. The number of rotatable bonds is 14. The fourth-order valence-corrected chi connectivity index (χ4v) is 5.61. The molecule has 0 heterocycles. The molecular formula is C36H36N2O10S2. The molecular weight excluding hydrogens is 685 g/mol. The number of fused-ring (bicyclic) bond motifs is 2. The second kappa shape index (κ2) is 15.3. The Morgan fingerprint density at radius 3 is 1.18 bits per heavy atom. The highest BCUT2D eigenvalue weighted by atomic mass is 32.2. The topological polar surface area (TPSA) is 146 Å². The van der Waals surface area contributed by atoms with E-state index in [0.29, 0.717) is 0 Å². The molecule has 0 aromatic heterocycles. The van der Waals surface area contributed by atoms with Crippen molar-refractivity contribution in [1.29, 1.82) is 0 Å². The Bertz CT molecular complexity index is 2100. The number of hydrogen-bond acceptors (Lipinski definition) is 10. The van der Waals surface area contributed by atoms with Crippen LogP contribution in [0, 0.1) is 0 Å². The van der Waals surface area contributed by atoms with E-state index in [9.17, 15) is 26.4 Å². The fourth-order valence-electron chi connectivity index (χ4n) is 4.80. The molecule has 50 heavy (non-hydrogen) atoms. The van der Waals surface area contributed by atoms with Gasteiger partial charge in [-0.1, -0.05) is 48.5 Å². The molecule has 0 saturated carbocycles. The first kappa shape index (κ1) is 36.3. The maximum absolute atomic E-state index is 13.4. The Labute approximate surface area is 290 Å². The Kier molecular flexibility index (Phi) is 11.1. The number of esters is 2. The van der Waals surface area contributed by atoms with Crippen LogP contribution >= 0.6 is 0 Å². The molecule has 0 bridgehead atoms. The van der Waals surface area contributed by atoms with E-state index in [2.05, 4.69) is 0 Å². The lowest BCUT2D eigenvalue weighted by atomic mass is 10.1. The maximum Gasteiger partial charge on any atom is 0.347 e. The van der Waals surface area contributed by atoms with Crippen molar-refractivity contribution in [3.05, 3.63) is 108 Å². The number of ether oxygens (including phenoxy) is 4. The van der Waals surface area contributed by atoms with Gasteiger partial charge in [0.15, 0.2) is 0 Å². The van der Waals surface area contributed by atoms with Gasteiger partial charge >= 0.3 is 11.9 Å². The minimum absolute atomic E-state index is 0.00388. The molecule has 0 unspecified atom stereocenters. The summed E-state index contributed by atoms with van der Waals surface area (Å²) in [5.74, 6) is -0.584. The third-order valence-electron chi connectivity index (χ3n) is 7.84. The highest BCUT2D eigenvalue weighted by Crippen LogP contribution is 2.30. The van der Waals surface area contributed by atoms with E-state index < -0.39 is 32.0 Å². The van der Waals surface area contributed by atoms with Crippen molar-refractivity contribution >= 4 is 53.5 Å². The van der Waals surface area contributed by atoms with E-state index in [4.69, 9.17) is 18.9 Å². The number of benzene rings is 5. The molecule has 0 spiro atoms. The summed E-state index contributed by atoms with van der Waals surface area (Å²) in [4.78, 5) is 26.7. The van der Waals surface area contributed by atoms with Crippen molar-refractivity contribution in [2.75, 3.05) is 52.9 Å². The van der Waals surface area contributed by atoms with Crippen molar-refractivity contribution in [3.8, 4) is 23.0 Å². The van der Waals surface area contributed by atoms with Crippen molar-refractivity contribution in [2.24, 2.45) is 0 Å². The zero-order chi connectivity index (χ0) is 36.1. The summed E-state index contributed by atoms with van der Waals surface area (Å²) in [5.41, 5.74) is 0.292. The molecule has 0 saturated heterocycles. The Morgan fingerprint density at radius 2 is 0.860 bits per heavy atom. The zero-order valence-corrected chi connectivity index (χ0v) is 29.5.